The summed E-state index contributed by atoms with van der Waals surface area (Å²) < 4.78 is 21.9. The van der Waals surface area contributed by atoms with Gasteiger partial charge < -0.3 is 9.64 Å². The molecule has 0 radical (unpaired) electrons. The maximum absolute atomic E-state index is 14.3. The Morgan fingerprint density at radius 1 is 1.17 bits per heavy atom. The Balaban J connectivity index is 1.07. The fraction of sp³-hybridized carbons (Fsp3) is 0.310. The van der Waals surface area contributed by atoms with E-state index in [4.69, 9.17) is 21.3 Å². The third kappa shape index (κ3) is 4.36. The zero-order valence-electron chi connectivity index (χ0n) is 22.4. The zero-order valence-corrected chi connectivity index (χ0v) is 23.2. The SMILES string of the molecule is CCOc1cc(-c2ccc(N3CCC4(CC3)CCN4NC(=O)c3c(F)cccc3Cl)nc2)c2c3cn[nH]c3nn2c1. The first-order chi connectivity index (χ1) is 20.0. The van der Waals surface area contributed by atoms with Crippen LogP contribution in [0, 0.1) is 5.82 Å². The van der Waals surface area contributed by atoms with E-state index < -0.39 is 11.7 Å². The van der Waals surface area contributed by atoms with Gasteiger partial charge in [-0.3, -0.25) is 15.3 Å². The maximum Gasteiger partial charge on any atom is 0.270 e. The molecule has 12 heteroatoms. The van der Waals surface area contributed by atoms with Crippen molar-refractivity contribution in [1.29, 1.82) is 0 Å². The number of anilines is 1. The molecule has 0 atom stereocenters. The molecule has 2 fully saturated rings. The molecule has 2 aliphatic heterocycles. The predicted octanol–water partition coefficient (Wildman–Crippen LogP) is 4.85. The van der Waals surface area contributed by atoms with E-state index in [1.807, 2.05) is 41.0 Å². The molecule has 7 rings (SSSR count). The minimum atomic E-state index is -0.623. The molecule has 0 saturated carbocycles. The Bertz CT molecular complexity index is 1740. The number of hydrazine groups is 1. The Labute approximate surface area is 240 Å². The number of aromatic nitrogens is 5. The average molecular weight is 575 g/mol. The van der Waals surface area contributed by atoms with Gasteiger partial charge in [-0.2, -0.15) is 5.10 Å². The van der Waals surface area contributed by atoms with Crippen molar-refractivity contribution in [3.63, 3.8) is 0 Å². The smallest absolute Gasteiger partial charge is 0.270 e. The topological polar surface area (TPSA) is 104 Å². The number of ether oxygens (including phenoxy) is 1. The molecule has 10 nitrogen and oxygen atoms in total. The number of amides is 1. The number of carbonyl (C=O) groups excluding carboxylic acids is 1. The lowest BCUT2D eigenvalue weighted by atomic mass is 9.78. The molecule has 0 unspecified atom stereocenters. The first-order valence-electron chi connectivity index (χ1n) is 13.7. The van der Waals surface area contributed by atoms with Gasteiger partial charge in [-0.1, -0.05) is 17.7 Å². The number of benzene rings is 1. The van der Waals surface area contributed by atoms with Gasteiger partial charge in [-0.25, -0.2) is 18.9 Å². The quantitative estimate of drug-likeness (QED) is 0.299. The number of piperidine rings is 1. The third-order valence-electron chi connectivity index (χ3n) is 8.29. The highest BCUT2D eigenvalue weighted by atomic mass is 35.5. The van der Waals surface area contributed by atoms with Crippen LogP contribution in [0.3, 0.4) is 0 Å². The summed E-state index contributed by atoms with van der Waals surface area (Å²) in [7, 11) is 0. The predicted molar refractivity (Wildman–Crippen MR) is 154 cm³/mol. The van der Waals surface area contributed by atoms with Crippen LogP contribution in [-0.4, -0.2) is 67.5 Å². The van der Waals surface area contributed by atoms with E-state index >= 15 is 0 Å². The molecule has 1 aromatic carbocycles. The van der Waals surface area contributed by atoms with E-state index in [0.29, 0.717) is 12.3 Å². The summed E-state index contributed by atoms with van der Waals surface area (Å²) in [5.74, 6) is 0.491. The molecule has 2 aliphatic rings. The number of nitrogens with zero attached hydrogens (tertiary/aromatic N) is 6. The van der Waals surface area contributed by atoms with Crippen LogP contribution in [0.25, 0.3) is 27.7 Å². The number of hydrogen-bond acceptors (Lipinski definition) is 7. The molecule has 4 aromatic heterocycles. The van der Waals surface area contributed by atoms with Crippen LogP contribution < -0.4 is 15.1 Å². The Kier molecular flexibility index (Phi) is 6.28. The van der Waals surface area contributed by atoms with Gasteiger partial charge in [0.1, 0.15) is 17.4 Å². The van der Waals surface area contributed by atoms with Gasteiger partial charge in [-0.15, -0.1) is 5.10 Å². The van der Waals surface area contributed by atoms with Gasteiger partial charge >= 0.3 is 0 Å². The Morgan fingerprint density at radius 3 is 2.71 bits per heavy atom. The molecule has 1 spiro atoms. The summed E-state index contributed by atoms with van der Waals surface area (Å²) in [5.41, 5.74) is 6.21. The van der Waals surface area contributed by atoms with Crippen LogP contribution in [0.4, 0.5) is 10.2 Å². The molecule has 0 bridgehead atoms. The second-order valence-electron chi connectivity index (χ2n) is 10.5. The van der Waals surface area contributed by atoms with Gasteiger partial charge in [0.2, 0.25) is 0 Å². The second kappa shape index (κ2) is 10.0. The van der Waals surface area contributed by atoms with Crippen LogP contribution in [0.15, 0.2) is 55.0 Å². The summed E-state index contributed by atoms with van der Waals surface area (Å²) in [5, 5.41) is 14.7. The number of carbonyl (C=O) groups is 1. The van der Waals surface area contributed by atoms with E-state index in [9.17, 15) is 9.18 Å². The number of hydrogen-bond donors (Lipinski definition) is 2. The molecule has 1 amide bonds. The summed E-state index contributed by atoms with van der Waals surface area (Å²) in [4.78, 5) is 19.9. The fourth-order valence-corrected chi connectivity index (χ4v) is 6.27. The van der Waals surface area contributed by atoms with E-state index in [1.165, 1.54) is 18.2 Å². The van der Waals surface area contributed by atoms with Gasteiger partial charge in [-0.05, 0) is 56.5 Å². The largest absolute Gasteiger partial charge is 0.492 e. The maximum atomic E-state index is 14.3. The second-order valence-corrected chi connectivity index (χ2v) is 10.9. The number of pyridine rings is 2. The molecule has 41 heavy (non-hydrogen) atoms. The standard InChI is InChI=1S/C29H28ClFN8O2/c1-2-41-19-14-20(26-21-16-33-34-27(21)35-38(26)17-19)18-6-7-24(32-15-18)37-11-8-29(9-12-37)10-13-39(29)36-28(40)25-22(30)4-3-5-23(25)31/h3-7,14-17H,2,8-13H2,1H3,(H,34,35)(H,36,40). The van der Waals surface area contributed by atoms with Crippen LogP contribution >= 0.6 is 11.6 Å². The summed E-state index contributed by atoms with van der Waals surface area (Å²) in [6.07, 6.45) is 8.22. The first kappa shape index (κ1) is 25.7. The van der Waals surface area contributed by atoms with Gasteiger partial charge in [0.15, 0.2) is 5.65 Å². The van der Waals surface area contributed by atoms with Crippen LogP contribution in [0.1, 0.15) is 36.5 Å². The first-order valence-corrected chi connectivity index (χ1v) is 14.1. The van der Waals surface area contributed by atoms with E-state index in [2.05, 4.69) is 31.7 Å². The number of nitrogens with one attached hydrogen (secondary N) is 2. The Hall–Kier alpha value is -4.22. The summed E-state index contributed by atoms with van der Waals surface area (Å²) in [6, 6.07) is 10.4. The normalized spacial score (nSPS) is 16.8. The minimum Gasteiger partial charge on any atom is -0.492 e. The summed E-state index contributed by atoms with van der Waals surface area (Å²) >= 11 is 6.10. The lowest BCUT2D eigenvalue weighted by Gasteiger charge is -2.56. The van der Waals surface area contributed by atoms with Gasteiger partial charge in [0, 0.05) is 42.5 Å². The van der Waals surface area contributed by atoms with E-state index in [0.717, 1.165) is 72.5 Å². The van der Waals surface area contributed by atoms with Crippen LogP contribution in [0.2, 0.25) is 5.02 Å². The van der Waals surface area contributed by atoms with Gasteiger partial charge in [0.05, 0.1) is 40.5 Å². The highest BCUT2D eigenvalue weighted by Crippen LogP contribution is 2.40. The molecule has 2 saturated heterocycles. The van der Waals surface area contributed by atoms with E-state index in [1.54, 1.807) is 6.20 Å². The van der Waals surface area contributed by atoms with Crippen molar-refractivity contribution < 1.29 is 13.9 Å². The van der Waals surface area contributed by atoms with Crippen molar-refractivity contribution >= 4 is 39.9 Å². The number of rotatable bonds is 6. The average Bonchev–Trinajstić information content (AvgIpc) is 3.57. The number of aromatic amines is 1. The van der Waals surface area contributed by atoms with Crippen molar-refractivity contribution in [3.8, 4) is 16.9 Å². The highest BCUT2D eigenvalue weighted by Gasteiger charge is 2.47. The molecule has 210 valence electrons. The molecule has 2 N–H and O–H groups in total. The monoisotopic (exact) mass is 574 g/mol. The lowest BCUT2D eigenvalue weighted by Crippen LogP contribution is -2.69. The van der Waals surface area contributed by atoms with Crippen molar-refractivity contribution in [3.05, 3.63) is 71.4 Å². The van der Waals surface area contributed by atoms with Crippen LogP contribution in [-0.2, 0) is 0 Å². The molecule has 6 heterocycles. The molecular formula is C29H28ClFN8O2. The van der Waals surface area contributed by atoms with E-state index in [-0.39, 0.29) is 16.1 Å². The molecule has 0 aliphatic carbocycles. The van der Waals surface area contributed by atoms with Crippen molar-refractivity contribution in [2.24, 2.45) is 0 Å². The van der Waals surface area contributed by atoms with Gasteiger partial charge in [0.25, 0.3) is 5.91 Å². The Morgan fingerprint density at radius 2 is 2.00 bits per heavy atom. The molecule has 5 aromatic rings. The highest BCUT2D eigenvalue weighted by molar-refractivity contribution is 6.33. The fourth-order valence-electron chi connectivity index (χ4n) is 6.02. The van der Waals surface area contributed by atoms with Crippen LogP contribution in [0.5, 0.6) is 5.75 Å². The lowest BCUT2D eigenvalue weighted by molar-refractivity contribution is -0.0657. The number of H-pyrrole nitrogens is 1. The summed E-state index contributed by atoms with van der Waals surface area (Å²) in [6.45, 7) is 4.81. The molecular weight excluding hydrogens is 547 g/mol. The third-order valence-corrected chi connectivity index (χ3v) is 8.61. The van der Waals surface area contributed by atoms with Crippen molar-refractivity contribution in [2.75, 3.05) is 31.1 Å². The van der Waals surface area contributed by atoms with Crippen molar-refractivity contribution in [1.82, 2.24) is 35.2 Å². The zero-order chi connectivity index (χ0) is 28.1. The number of halogens is 2. The number of fused-ring (bicyclic) bond motifs is 3. The minimum absolute atomic E-state index is 0.106. The van der Waals surface area contributed by atoms with Crippen molar-refractivity contribution in [2.45, 2.75) is 31.7 Å².